The maximum Gasteiger partial charge on any atom is 0.305 e. The highest BCUT2D eigenvalue weighted by Crippen LogP contribution is 2.17. The predicted molar refractivity (Wildman–Crippen MR) is 68.4 cm³/mol. The van der Waals surface area contributed by atoms with Crippen molar-refractivity contribution < 1.29 is 13.9 Å². The molecule has 0 spiro atoms. The van der Waals surface area contributed by atoms with E-state index in [0.717, 1.165) is 24.8 Å². The van der Waals surface area contributed by atoms with Crippen LogP contribution in [0.3, 0.4) is 0 Å². The fourth-order valence-electron chi connectivity index (χ4n) is 1.74. The fourth-order valence-corrected chi connectivity index (χ4v) is 1.74. The third-order valence-electron chi connectivity index (χ3n) is 2.75. The van der Waals surface area contributed by atoms with Gasteiger partial charge in [0.15, 0.2) is 0 Å². The number of nitrogens with two attached hydrogens (primary N) is 1. The Balaban J connectivity index is 2.23. The van der Waals surface area contributed by atoms with Gasteiger partial charge in [-0.25, -0.2) is 4.39 Å². The Labute approximate surface area is 107 Å². The van der Waals surface area contributed by atoms with E-state index < -0.39 is 0 Å². The number of halogens is 1. The molecular weight excluding hydrogens is 233 g/mol. The van der Waals surface area contributed by atoms with Gasteiger partial charge in [-0.2, -0.15) is 0 Å². The molecule has 0 heterocycles. The second-order valence-electron chi connectivity index (χ2n) is 4.21. The Hall–Kier alpha value is -1.42. The van der Waals surface area contributed by atoms with Crippen LogP contribution in [0.1, 0.15) is 44.2 Å². The predicted octanol–water partition coefficient (Wildman–Crippen LogP) is 2.95. The number of hydrogen-bond acceptors (Lipinski definition) is 3. The molecule has 1 aromatic carbocycles. The molecule has 0 aliphatic rings. The summed E-state index contributed by atoms with van der Waals surface area (Å²) in [4.78, 5) is 11.1. The lowest BCUT2D eigenvalue weighted by atomic mass is 10.0. The lowest BCUT2D eigenvalue weighted by Gasteiger charge is -2.11. The van der Waals surface area contributed by atoms with Gasteiger partial charge < -0.3 is 10.5 Å². The van der Waals surface area contributed by atoms with Crippen LogP contribution in [-0.4, -0.2) is 12.6 Å². The first-order chi connectivity index (χ1) is 8.63. The molecule has 1 atom stereocenters. The zero-order valence-electron chi connectivity index (χ0n) is 10.7. The lowest BCUT2D eigenvalue weighted by molar-refractivity contribution is -0.143. The van der Waals surface area contributed by atoms with Gasteiger partial charge in [0.25, 0.3) is 0 Å². The van der Waals surface area contributed by atoms with Crippen molar-refractivity contribution in [2.75, 3.05) is 6.61 Å². The maximum atomic E-state index is 12.7. The number of carbonyl (C=O) groups excluding carboxylic acids is 1. The van der Waals surface area contributed by atoms with E-state index in [1.54, 1.807) is 19.1 Å². The first kappa shape index (κ1) is 14.6. The van der Waals surface area contributed by atoms with Crippen molar-refractivity contribution >= 4 is 5.97 Å². The van der Waals surface area contributed by atoms with Crippen molar-refractivity contribution in [2.24, 2.45) is 5.73 Å². The van der Waals surface area contributed by atoms with Gasteiger partial charge in [0.2, 0.25) is 0 Å². The van der Waals surface area contributed by atoms with E-state index in [1.165, 1.54) is 12.1 Å². The molecule has 0 radical (unpaired) electrons. The van der Waals surface area contributed by atoms with Crippen LogP contribution in [-0.2, 0) is 9.53 Å². The third kappa shape index (κ3) is 5.27. The van der Waals surface area contributed by atoms with Crippen LogP contribution in [0.2, 0.25) is 0 Å². The summed E-state index contributed by atoms with van der Waals surface area (Å²) in [5, 5.41) is 0. The molecule has 0 aliphatic heterocycles. The maximum absolute atomic E-state index is 12.7. The molecule has 1 aromatic rings. The van der Waals surface area contributed by atoms with Crippen LogP contribution in [0.4, 0.5) is 4.39 Å². The Bertz CT molecular complexity index is 365. The molecule has 0 bridgehead atoms. The normalized spacial score (nSPS) is 12.2. The molecule has 0 aliphatic carbocycles. The van der Waals surface area contributed by atoms with Crippen molar-refractivity contribution in [1.29, 1.82) is 0 Å². The summed E-state index contributed by atoms with van der Waals surface area (Å²) in [7, 11) is 0. The zero-order valence-corrected chi connectivity index (χ0v) is 10.7. The number of unbranched alkanes of at least 4 members (excludes halogenated alkanes) is 1. The van der Waals surface area contributed by atoms with E-state index in [-0.39, 0.29) is 17.8 Å². The quantitative estimate of drug-likeness (QED) is 0.600. The summed E-state index contributed by atoms with van der Waals surface area (Å²) >= 11 is 0. The highest BCUT2D eigenvalue weighted by Gasteiger charge is 2.07. The molecule has 0 amide bonds. The van der Waals surface area contributed by atoms with Crippen LogP contribution >= 0.6 is 0 Å². The van der Waals surface area contributed by atoms with Crippen LogP contribution in [0.5, 0.6) is 0 Å². The van der Waals surface area contributed by atoms with E-state index in [9.17, 15) is 9.18 Å². The number of esters is 1. The van der Waals surface area contributed by atoms with Gasteiger partial charge in [-0.05, 0) is 37.5 Å². The first-order valence-corrected chi connectivity index (χ1v) is 6.30. The smallest absolute Gasteiger partial charge is 0.305 e. The van der Waals surface area contributed by atoms with E-state index in [4.69, 9.17) is 10.5 Å². The highest BCUT2D eigenvalue weighted by molar-refractivity contribution is 5.69. The molecular formula is C14H20FNO2. The minimum Gasteiger partial charge on any atom is -0.466 e. The van der Waals surface area contributed by atoms with Gasteiger partial charge in [0.1, 0.15) is 5.82 Å². The monoisotopic (exact) mass is 253 g/mol. The van der Waals surface area contributed by atoms with Gasteiger partial charge >= 0.3 is 5.97 Å². The van der Waals surface area contributed by atoms with Crippen LogP contribution < -0.4 is 5.73 Å². The van der Waals surface area contributed by atoms with Crippen molar-refractivity contribution in [3.8, 4) is 0 Å². The Morgan fingerprint density at radius 1 is 1.33 bits per heavy atom. The summed E-state index contributed by atoms with van der Waals surface area (Å²) in [6, 6.07) is 6.12. The largest absolute Gasteiger partial charge is 0.466 e. The molecule has 0 fully saturated rings. The average Bonchev–Trinajstić information content (AvgIpc) is 2.35. The minimum absolute atomic E-state index is 0.104. The number of rotatable bonds is 7. The molecule has 0 saturated heterocycles. The van der Waals surface area contributed by atoms with Crippen LogP contribution in [0.25, 0.3) is 0 Å². The highest BCUT2D eigenvalue weighted by atomic mass is 19.1. The number of benzene rings is 1. The van der Waals surface area contributed by atoms with Gasteiger partial charge in [-0.15, -0.1) is 0 Å². The van der Waals surface area contributed by atoms with E-state index in [0.29, 0.717) is 13.0 Å². The minimum atomic E-state index is -0.256. The van der Waals surface area contributed by atoms with E-state index >= 15 is 0 Å². The second-order valence-corrected chi connectivity index (χ2v) is 4.21. The van der Waals surface area contributed by atoms with Crippen LogP contribution in [0.15, 0.2) is 24.3 Å². The van der Waals surface area contributed by atoms with Crippen molar-refractivity contribution in [2.45, 2.75) is 38.6 Å². The Morgan fingerprint density at radius 2 is 2.00 bits per heavy atom. The summed E-state index contributed by atoms with van der Waals surface area (Å²) in [6.07, 6.45) is 2.85. The molecule has 1 rings (SSSR count). The summed E-state index contributed by atoms with van der Waals surface area (Å²) in [5.74, 6) is -0.416. The van der Waals surface area contributed by atoms with Gasteiger partial charge in [-0.3, -0.25) is 4.79 Å². The van der Waals surface area contributed by atoms with Crippen molar-refractivity contribution in [3.63, 3.8) is 0 Å². The molecule has 0 aromatic heterocycles. The van der Waals surface area contributed by atoms with Crippen LogP contribution in [0, 0.1) is 5.82 Å². The average molecular weight is 253 g/mol. The number of hydrogen-bond donors (Lipinski definition) is 1. The molecule has 2 N–H and O–H groups in total. The first-order valence-electron chi connectivity index (χ1n) is 6.30. The fraction of sp³-hybridized carbons (Fsp3) is 0.500. The van der Waals surface area contributed by atoms with E-state index in [2.05, 4.69) is 0 Å². The number of carbonyl (C=O) groups is 1. The summed E-state index contributed by atoms with van der Waals surface area (Å²) < 4.78 is 17.6. The molecule has 4 heteroatoms. The second kappa shape index (κ2) is 7.82. The van der Waals surface area contributed by atoms with Gasteiger partial charge in [-0.1, -0.05) is 18.6 Å². The number of ether oxygens (including phenoxy) is 1. The zero-order chi connectivity index (χ0) is 13.4. The van der Waals surface area contributed by atoms with Crippen molar-refractivity contribution in [3.05, 3.63) is 35.6 Å². The summed E-state index contributed by atoms with van der Waals surface area (Å²) in [5.41, 5.74) is 6.91. The molecule has 3 nitrogen and oxygen atoms in total. The third-order valence-corrected chi connectivity index (χ3v) is 2.75. The lowest BCUT2D eigenvalue weighted by Crippen LogP contribution is -2.10. The van der Waals surface area contributed by atoms with Gasteiger partial charge in [0, 0.05) is 12.5 Å². The molecule has 0 saturated carbocycles. The molecule has 1 unspecified atom stereocenters. The van der Waals surface area contributed by atoms with E-state index in [1.807, 2.05) is 0 Å². The Kier molecular flexibility index (Phi) is 6.36. The standard InChI is InChI=1S/C14H20FNO2/c1-2-18-14(17)6-4-3-5-13(16)11-7-9-12(15)10-8-11/h7-10,13H,2-6,16H2,1H3. The molecule has 18 heavy (non-hydrogen) atoms. The topological polar surface area (TPSA) is 52.3 Å². The van der Waals surface area contributed by atoms with Crippen molar-refractivity contribution in [1.82, 2.24) is 0 Å². The Morgan fingerprint density at radius 3 is 2.61 bits per heavy atom. The van der Waals surface area contributed by atoms with Gasteiger partial charge in [0.05, 0.1) is 6.61 Å². The SMILES string of the molecule is CCOC(=O)CCCCC(N)c1ccc(F)cc1. The summed E-state index contributed by atoms with van der Waals surface area (Å²) in [6.45, 7) is 2.22. The molecule has 100 valence electrons.